The van der Waals surface area contributed by atoms with E-state index in [1.165, 1.54) is 0 Å². The van der Waals surface area contributed by atoms with Gasteiger partial charge in [0.05, 0.1) is 23.4 Å². The Morgan fingerprint density at radius 3 is 2.10 bits per heavy atom. The summed E-state index contributed by atoms with van der Waals surface area (Å²) in [5.74, 6) is -1.28. The zero-order valence-corrected chi connectivity index (χ0v) is 15.6. The Labute approximate surface area is 168 Å². The molecule has 2 heterocycles. The van der Waals surface area contributed by atoms with Crippen LogP contribution in [-0.4, -0.2) is 33.6 Å². The fourth-order valence-electron chi connectivity index (χ4n) is 3.43. The molecular weight excluding hydrogens is 366 g/mol. The molecule has 29 heavy (non-hydrogen) atoms. The molecule has 1 aromatic heterocycles. The number of amides is 3. The van der Waals surface area contributed by atoms with Crippen LogP contribution < -0.4 is 5.32 Å². The minimum Gasteiger partial charge on any atom is -0.349 e. The zero-order chi connectivity index (χ0) is 20.2. The van der Waals surface area contributed by atoms with Crippen molar-refractivity contribution >= 4 is 17.7 Å². The summed E-state index contributed by atoms with van der Waals surface area (Å²) in [6.07, 6.45) is 1.88. The van der Waals surface area contributed by atoms with Gasteiger partial charge in [0.25, 0.3) is 11.8 Å². The fourth-order valence-corrected chi connectivity index (χ4v) is 3.43. The molecule has 1 aliphatic heterocycles. The molecule has 1 unspecified atom stereocenters. The van der Waals surface area contributed by atoms with Gasteiger partial charge in [0.2, 0.25) is 5.91 Å². The van der Waals surface area contributed by atoms with Crippen LogP contribution in [0, 0.1) is 0 Å². The molecule has 6 heteroatoms. The molecule has 0 saturated heterocycles. The Kier molecular flexibility index (Phi) is 5.16. The molecule has 1 N–H and O–H groups in total. The van der Waals surface area contributed by atoms with Crippen molar-refractivity contribution in [2.75, 3.05) is 0 Å². The predicted molar refractivity (Wildman–Crippen MR) is 107 cm³/mol. The van der Waals surface area contributed by atoms with Crippen LogP contribution in [0.3, 0.4) is 0 Å². The van der Waals surface area contributed by atoms with Crippen LogP contribution in [0.4, 0.5) is 0 Å². The van der Waals surface area contributed by atoms with Gasteiger partial charge < -0.3 is 5.32 Å². The number of carbonyl (C=O) groups is 3. The molecule has 2 aromatic carbocycles. The van der Waals surface area contributed by atoms with Gasteiger partial charge >= 0.3 is 0 Å². The van der Waals surface area contributed by atoms with E-state index in [9.17, 15) is 14.4 Å². The minimum atomic E-state index is -0.950. The number of carbonyl (C=O) groups excluding carboxylic acids is 3. The highest BCUT2D eigenvalue weighted by atomic mass is 16.2. The summed E-state index contributed by atoms with van der Waals surface area (Å²) in [5.41, 5.74) is 2.21. The number of hydrogen-bond acceptors (Lipinski definition) is 4. The molecule has 0 fully saturated rings. The summed E-state index contributed by atoms with van der Waals surface area (Å²) in [5, 5.41) is 2.82. The summed E-state index contributed by atoms with van der Waals surface area (Å²) >= 11 is 0. The fraction of sp³-hybridized carbons (Fsp3) is 0.130. The van der Waals surface area contributed by atoms with Gasteiger partial charge in [-0.05, 0) is 29.8 Å². The highest BCUT2D eigenvalue weighted by molar-refractivity contribution is 6.22. The summed E-state index contributed by atoms with van der Waals surface area (Å²) in [6.45, 7) is 0.216. The van der Waals surface area contributed by atoms with E-state index in [-0.39, 0.29) is 13.0 Å². The molecular formula is C23H19N3O3. The Bertz CT molecular complexity index is 1020. The molecule has 3 aromatic rings. The van der Waals surface area contributed by atoms with Crippen LogP contribution in [0.1, 0.15) is 32.0 Å². The Morgan fingerprint density at radius 2 is 1.48 bits per heavy atom. The van der Waals surface area contributed by atoms with Crippen molar-refractivity contribution in [1.82, 2.24) is 15.2 Å². The Hall–Kier alpha value is -3.80. The first-order valence-electron chi connectivity index (χ1n) is 9.33. The van der Waals surface area contributed by atoms with Crippen molar-refractivity contribution in [2.24, 2.45) is 0 Å². The molecule has 4 rings (SSSR count). The smallest absolute Gasteiger partial charge is 0.262 e. The highest BCUT2D eigenvalue weighted by Gasteiger charge is 2.42. The van der Waals surface area contributed by atoms with Crippen molar-refractivity contribution in [3.63, 3.8) is 0 Å². The number of fused-ring (bicyclic) bond motifs is 1. The van der Waals surface area contributed by atoms with Crippen LogP contribution in [0.2, 0.25) is 0 Å². The summed E-state index contributed by atoms with van der Waals surface area (Å²) in [4.78, 5) is 44.2. The normalized spacial score (nSPS) is 13.9. The average Bonchev–Trinajstić information content (AvgIpc) is 3.02. The van der Waals surface area contributed by atoms with Gasteiger partial charge in [-0.2, -0.15) is 0 Å². The van der Waals surface area contributed by atoms with Crippen LogP contribution >= 0.6 is 0 Å². The van der Waals surface area contributed by atoms with E-state index in [0.29, 0.717) is 16.8 Å². The van der Waals surface area contributed by atoms with Gasteiger partial charge in [-0.3, -0.25) is 24.3 Å². The van der Waals surface area contributed by atoms with E-state index < -0.39 is 23.8 Å². The molecule has 0 aliphatic carbocycles. The summed E-state index contributed by atoms with van der Waals surface area (Å²) in [7, 11) is 0. The molecule has 144 valence electrons. The van der Waals surface area contributed by atoms with E-state index in [1.807, 2.05) is 36.4 Å². The first-order chi connectivity index (χ1) is 14.1. The van der Waals surface area contributed by atoms with E-state index in [4.69, 9.17) is 0 Å². The zero-order valence-electron chi connectivity index (χ0n) is 15.6. The number of rotatable bonds is 6. The molecule has 6 nitrogen and oxygen atoms in total. The standard InChI is InChI=1S/C23H19N3O3/c27-21(25-15-17-10-6-7-13-24-17)20(14-16-8-2-1-3-9-16)26-22(28)18-11-4-5-12-19(18)23(26)29/h1-13,20H,14-15H2,(H,25,27). The van der Waals surface area contributed by atoms with Crippen LogP contribution in [0.25, 0.3) is 0 Å². The highest BCUT2D eigenvalue weighted by Crippen LogP contribution is 2.26. The lowest BCUT2D eigenvalue weighted by molar-refractivity contribution is -0.125. The number of nitrogens with one attached hydrogen (secondary N) is 1. The number of imide groups is 1. The van der Waals surface area contributed by atoms with Gasteiger partial charge in [0.15, 0.2) is 0 Å². The Balaban J connectivity index is 1.61. The van der Waals surface area contributed by atoms with Gasteiger partial charge in [-0.15, -0.1) is 0 Å². The number of nitrogens with zero attached hydrogens (tertiary/aromatic N) is 2. The largest absolute Gasteiger partial charge is 0.349 e. The molecule has 0 spiro atoms. The maximum absolute atomic E-state index is 13.1. The second-order valence-electron chi connectivity index (χ2n) is 6.77. The van der Waals surface area contributed by atoms with Crippen LogP contribution in [0.5, 0.6) is 0 Å². The number of aromatic nitrogens is 1. The number of hydrogen-bond donors (Lipinski definition) is 1. The van der Waals surface area contributed by atoms with Gasteiger partial charge in [0, 0.05) is 12.6 Å². The van der Waals surface area contributed by atoms with Crippen molar-refractivity contribution in [3.8, 4) is 0 Å². The molecule has 0 bridgehead atoms. The summed E-state index contributed by atoms with van der Waals surface area (Å²) in [6, 6.07) is 20.5. The maximum atomic E-state index is 13.1. The third-order valence-electron chi connectivity index (χ3n) is 4.88. The second-order valence-corrected chi connectivity index (χ2v) is 6.77. The lowest BCUT2D eigenvalue weighted by Crippen LogP contribution is -2.50. The summed E-state index contributed by atoms with van der Waals surface area (Å²) < 4.78 is 0. The van der Waals surface area contributed by atoms with Crippen molar-refractivity contribution in [2.45, 2.75) is 19.0 Å². The molecule has 1 aliphatic rings. The third-order valence-corrected chi connectivity index (χ3v) is 4.88. The predicted octanol–water partition coefficient (Wildman–Crippen LogP) is 2.61. The monoisotopic (exact) mass is 385 g/mol. The molecule has 3 amide bonds. The van der Waals surface area contributed by atoms with Gasteiger partial charge in [-0.1, -0.05) is 48.5 Å². The molecule has 1 atom stereocenters. The number of benzene rings is 2. The van der Waals surface area contributed by atoms with Crippen LogP contribution in [-0.2, 0) is 17.8 Å². The molecule has 0 radical (unpaired) electrons. The second kappa shape index (κ2) is 8.06. The van der Waals surface area contributed by atoms with Gasteiger partial charge in [0.1, 0.15) is 6.04 Å². The number of pyridine rings is 1. The lowest BCUT2D eigenvalue weighted by Gasteiger charge is -2.25. The van der Waals surface area contributed by atoms with E-state index >= 15 is 0 Å². The SMILES string of the molecule is O=C(NCc1ccccn1)C(Cc1ccccc1)N1C(=O)c2ccccc2C1=O. The topological polar surface area (TPSA) is 79.4 Å². The van der Waals surface area contributed by atoms with Crippen molar-refractivity contribution in [1.29, 1.82) is 0 Å². The first-order valence-corrected chi connectivity index (χ1v) is 9.33. The minimum absolute atomic E-state index is 0.216. The quantitative estimate of drug-likeness (QED) is 0.662. The van der Waals surface area contributed by atoms with Gasteiger partial charge in [-0.25, -0.2) is 0 Å². The van der Waals surface area contributed by atoms with E-state index in [1.54, 1.807) is 42.6 Å². The molecule has 0 saturated carbocycles. The van der Waals surface area contributed by atoms with Crippen LogP contribution in [0.15, 0.2) is 79.0 Å². The van der Waals surface area contributed by atoms with E-state index in [2.05, 4.69) is 10.3 Å². The van der Waals surface area contributed by atoms with Crippen molar-refractivity contribution < 1.29 is 14.4 Å². The maximum Gasteiger partial charge on any atom is 0.262 e. The van der Waals surface area contributed by atoms with E-state index in [0.717, 1.165) is 10.5 Å². The lowest BCUT2D eigenvalue weighted by atomic mass is 10.0. The average molecular weight is 385 g/mol. The van der Waals surface area contributed by atoms with Crippen molar-refractivity contribution in [3.05, 3.63) is 101 Å². The first kappa shape index (κ1) is 18.6. The third kappa shape index (κ3) is 3.78. The Morgan fingerprint density at radius 1 is 0.862 bits per heavy atom.